The Labute approximate surface area is 81.2 Å². The first kappa shape index (κ1) is 10.9. The number of hydrogen-bond acceptors (Lipinski definition) is 5. The van der Waals surface area contributed by atoms with Crippen LogP contribution in [-0.4, -0.2) is 36.9 Å². The SMILES string of the molecule is CNC(=O)C1OC(C)(C)OC1C(=O)[O-]. The predicted molar refractivity (Wildman–Crippen MR) is 42.9 cm³/mol. The van der Waals surface area contributed by atoms with Crippen LogP contribution in [-0.2, 0) is 19.1 Å². The highest BCUT2D eigenvalue weighted by Gasteiger charge is 2.45. The maximum atomic E-state index is 11.2. The fourth-order valence-corrected chi connectivity index (χ4v) is 1.27. The molecule has 0 spiro atoms. The van der Waals surface area contributed by atoms with Gasteiger partial charge in [0, 0.05) is 7.05 Å². The molecule has 1 aliphatic rings. The number of likely N-dealkylation sites (N-methyl/N-ethyl adjacent to an activating group) is 1. The molecule has 6 heteroatoms. The van der Waals surface area contributed by atoms with Crippen molar-refractivity contribution < 1.29 is 24.2 Å². The molecule has 1 amide bonds. The summed E-state index contributed by atoms with van der Waals surface area (Å²) >= 11 is 0. The number of carbonyl (C=O) groups is 2. The summed E-state index contributed by atoms with van der Waals surface area (Å²) < 4.78 is 10.1. The molecule has 1 rings (SSSR count). The van der Waals surface area contributed by atoms with Crippen molar-refractivity contribution in [3.05, 3.63) is 0 Å². The van der Waals surface area contributed by atoms with E-state index in [0.717, 1.165) is 0 Å². The smallest absolute Gasteiger partial charge is 0.252 e. The van der Waals surface area contributed by atoms with E-state index in [1.165, 1.54) is 20.9 Å². The standard InChI is InChI=1S/C8H13NO5/c1-8(2)13-4(6(10)9-3)5(14-8)7(11)12/h4-5H,1-3H3,(H,9,10)(H,11,12)/p-1. The van der Waals surface area contributed by atoms with Crippen LogP contribution in [0.2, 0.25) is 0 Å². The molecule has 0 saturated carbocycles. The summed E-state index contributed by atoms with van der Waals surface area (Å²) in [4.78, 5) is 21.8. The Bertz CT molecular complexity index is 262. The second-order valence-electron chi connectivity index (χ2n) is 3.41. The van der Waals surface area contributed by atoms with E-state index in [1.54, 1.807) is 0 Å². The van der Waals surface area contributed by atoms with E-state index in [2.05, 4.69) is 5.32 Å². The van der Waals surface area contributed by atoms with Crippen LogP contribution in [0.5, 0.6) is 0 Å². The molecule has 1 heterocycles. The Morgan fingerprint density at radius 1 is 1.29 bits per heavy atom. The number of amides is 1. The molecule has 2 atom stereocenters. The number of aliphatic carboxylic acids is 1. The number of carboxylic acid groups (broad SMARTS) is 1. The van der Waals surface area contributed by atoms with Crippen molar-refractivity contribution in [1.82, 2.24) is 5.32 Å². The Hall–Kier alpha value is -1.14. The van der Waals surface area contributed by atoms with E-state index in [-0.39, 0.29) is 0 Å². The number of hydrogen-bond donors (Lipinski definition) is 1. The van der Waals surface area contributed by atoms with Crippen molar-refractivity contribution in [1.29, 1.82) is 0 Å². The number of nitrogens with one attached hydrogen (secondary N) is 1. The summed E-state index contributed by atoms with van der Waals surface area (Å²) in [6, 6.07) is 0. The van der Waals surface area contributed by atoms with E-state index in [0.29, 0.717) is 0 Å². The van der Waals surface area contributed by atoms with Crippen LogP contribution >= 0.6 is 0 Å². The first-order valence-electron chi connectivity index (χ1n) is 4.15. The number of ether oxygens (including phenoxy) is 2. The molecular weight excluding hydrogens is 190 g/mol. The Morgan fingerprint density at radius 3 is 2.21 bits per heavy atom. The minimum atomic E-state index is -1.45. The zero-order valence-electron chi connectivity index (χ0n) is 8.20. The second-order valence-corrected chi connectivity index (χ2v) is 3.41. The number of carbonyl (C=O) groups excluding carboxylic acids is 2. The maximum absolute atomic E-state index is 11.2. The van der Waals surface area contributed by atoms with Gasteiger partial charge in [0.1, 0.15) is 6.10 Å². The Kier molecular flexibility index (Phi) is 2.77. The van der Waals surface area contributed by atoms with Gasteiger partial charge in [0.05, 0.1) is 5.97 Å². The third-order valence-corrected chi connectivity index (χ3v) is 1.83. The first-order valence-corrected chi connectivity index (χ1v) is 4.15. The lowest BCUT2D eigenvalue weighted by Gasteiger charge is -2.16. The molecule has 2 unspecified atom stereocenters. The normalized spacial score (nSPS) is 29.9. The molecule has 0 aromatic heterocycles. The molecule has 1 saturated heterocycles. The van der Waals surface area contributed by atoms with E-state index < -0.39 is 29.9 Å². The van der Waals surface area contributed by atoms with Crippen LogP contribution in [0, 0.1) is 0 Å². The van der Waals surface area contributed by atoms with Crippen molar-refractivity contribution in [3.63, 3.8) is 0 Å². The van der Waals surface area contributed by atoms with Crippen molar-refractivity contribution >= 4 is 11.9 Å². The lowest BCUT2D eigenvalue weighted by molar-refractivity contribution is -0.317. The van der Waals surface area contributed by atoms with Gasteiger partial charge in [0.2, 0.25) is 0 Å². The van der Waals surface area contributed by atoms with Gasteiger partial charge in [0.25, 0.3) is 5.91 Å². The topological polar surface area (TPSA) is 87.7 Å². The molecule has 0 aliphatic carbocycles. The van der Waals surface area contributed by atoms with Crippen LogP contribution in [0.3, 0.4) is 0 Å². The van der Waals surface area contributed by atoms with Crippen LogP contribution in [0.15, 0.2) is 0 Å². The van der Waals surface area contributed by atoms with E-state index in [4.69, 9.17) is 9.47 Å². The zero-order chi connectivity index (χ0) is 10.9. The Morgan fingerprint density at radius 2 is 1.79 bits per heavy atom. The van der Waals surface area contributed by atoms with Crippen LogP contribution < -0.4 is 10.4 Å². The molecule has 0 aromatic rings. The monoisotopic (exact) mass is 202 g/mol. The molecule has 0 radical (unpaired) electrons. The average molecular weight is 202 g/mol. The lowest BCUT2D eigenvalue weighted by atomic mass is 10.2. The third-order valence-electron chi connectivity index (χ3n) is 1.83. The summed E-state index contributed by atoms with van der Waals surface area (Å²) in [6.45, 7) is 3.07. The van der Waals surface area contributed by atoms with E-state index in [1.807, 2.05) is 0 Å². The van der Waals surface area contributed by atoms with Gasteiger partial charge in [-0.2, -0.15) is 0 Å². The fourth-order valence-electron chi connectivity index (χ4n) is 1.27. The van der Waals surface area contributed by atoms with Gasteiger partial charge in [-0.05, 0) is 13.8 Å². The van der Waals surface area contributed by atoms with Gasteiger partial charge < -0.3 is 24.7 Å². The summed E-state index contributed by atoms with van der Waals surface area (Å²) in [6.07, 6.45) is -2.51. The van der Waals surface area contributed by atoms with Crippen molar-refractivity contribution in [2.45, 2.75) is 31.8 Å². The van der Waals surface area contributed by atoms with Gasteiger partial charge in [-0.1, -0.05) is 0 Å². The van der Waals surface area contributed by atoms with Crippen molar-refractivity contribution in [2.75, 3.05) is 7.05 Å². The minimum absolute atomic E-state index is 0.537. The number of carboxylic acids is 1. The van der Waals surface area contributed by atoms with Crippen LogP contribution in [0.25, 0.3) is 0 Å². The molecule has 1 N–H and O–H groups in total. The molecule has 80 valence electrons. The highest BCUT2D eigenvalue weighted by molar-refractivity contribution is 5.87. The summed E-state index contributed by atoms with van der Waals surface area (Å²) in [5.41, 5.74) is 0. The molecule has 0 bridgehead atoms. The molecule has 1 aliphatic heterocycles. The molecule has 6 nitrogen and oxygen atoms in total. The fraction of sp³-hybridized carbons (Fsp3) is 0.750. The quantitative estimate of drug-likeness (QED) is 0.559. The number of rotatable bonds is 2. The highest BCUT2D eigenvalue weighted by Crippen LogP contribution is 2.27. The second kappa shape index (κ2) is 3.55. The van der Waals surface area contributed by atoms with Gasteiger partial charge in [-0.3, -0.25) is 4.79 Å². The van der Waals surface area contributed by atoms with E-state index >= 15 is 0 Å². The summed E-state index contributed by atoms with van der Waals surface area (Å²) in [5.74, 6) is -3.07. The van der Waals surface area contributed by atoms with Gasteiger partial charge >= 0.3 is 0 Å². The summed E-state index contributed by atoms with van der Waals surface area (Å²) in [7, 11) is 1.39. The van der Waals surface area contributed by atoms with Crippen LogP contribution in [0.4, 0.5) is 0 Å². The molecule has 1 fully saturated rings. The minimum Gasteiger partial charge on any atom is -0.547 e. The highest BCUT2D eigenvalue weighted by atomic mass is 16.8. The maximum Gasteiger partial charge on any atom is 0.252 e. The predicted octanol–water partition coefficient (Wildman–Crippen LogP) is -2.00. The molecule has 0 aromatic carbocycles. The van der Waals surface area contributed by atoms with Crippen molar-refractivity contribution in [2.24, 2.45) is 0 Å². The zero-order valence-corrected chi connectivity index (χ0v) is 8.20. The van der Waals surface area contributed by atoms with Gasteiger partial charge in [-0.15, -0.1) is 0 Å². The lowest BCUT2D eigenvalue weighted by Crippen LogP contribution is -2.48. The van der Waals surface area contributed by atoms with E-state index in [9.17, 15) is 14.7 Å². The van der Waals surface area contributed by atoms with Crippen molar-refractivity contribution in [3.8, 4) is 0 Å². The molecular formula is C8H12NO5-. The van der Waals surface area contributed by atoms with Crippen LogP contribution in [0.1, 0.15) is 13.8 Å². The largest absolute Gasteiger partial charge is 0.547 e. The first-order chi connectivity index (χ1) is 6.37. The van der Waals surface area contributed by atoms with Gasteiger partial charge in [-0.25, -0.2) is 0 Å². The summed E-state index contributed by atoms with van der Waals surface area (Å²) in [5, 5.41) is 12.9. The van der Waals surface area contributed by atoms with Gasteiger partial charge in [0.15, 0.2) is 11.9 Å². The average Bonchev–Trinajstić information content (AvgIpc) is 2.40. The third kappa shape index (κ3) is 2.02. The Balaban J connectivity index is 2.83. The molecule has 14 heavy (non-hydrogen) atoms.